The third kappa shape index (κ3) is 2.67. The molecule has 0 amide bonds. The highest BCUT2D eigenvalue weighted by molar-refractivity contribution is 5.31. The molecule has 2 fully saturated rings. The van der Waals surface area contributed by atoms with E-state index in [2.05, 4.69) is 16.9 Å². The summed E-state index contributed by atoms with van der Waals surface area (Å²) in [7, 11) is 0. The minimum atomic E-state index is 0.379. The van der Waals surface area contributed by atoms with Crippen LogP contribution in [0.5, 0.6) is 5.88 Å². The van der Waals surface area contributed by atoms with Gasteiger partial charge < -0.3 is 4.74 Å². The van der Waals surface area contributed by atoms with Crippen molar-refractivity contribution < 1.29 is 4.74 Å². The monoisotopic (exact) mass is 286 g/mol. The minimum absolute atomic E-state index is 0.379. The van der Waals surface area contributed by atoms with E-state index in [1.807, 2.05) is 0 Å². The summed E-state index contributed by atoms with van der Waals surface area (Å²) in [5.74, 6) is 1.83. The first-order valence-electron chi connectivity index (χ1n) is 8.74. The fourth-order valence-electron chi connectivity index (χ4n) is 4.23. The molecule has 4 rings (SSSR count). The number of hydrogen-bond donors (Lipinski definition) is 0. The van der Waals surface area contributed by atoms with Crippen LogP contribution in [0.25, 0.3) is 0 Å². The molecule has 0 spiro atoms. The Balaban J connectivity index is 1.41. The fraction of sp³-hybridized carbons (Fsp3) is 0.778. The second-order valence-electron chi connectivity index (χ2n) is 7.56. The molecule has 114 valence electrons. The fourth-order valence-corrected chi connectivity index (χ4v) is 4.23. The SMILES string of the molecule is CC1(C2CCC(Oc3ncnc4c3CCCC4)CC2)CC1. The Morgan fingerprint density at radius 3 is 2.57 bits per heavy atom. The molecule has 0 saturated heterocycles. The molecular formula is C18H26N2O. The summed E-state index contributed by atoms with van der Waals surface area (Å²) >= 11 is 0. The van der Waals surface area contributed by atoms with Crippen molar-refractivity contribution in [1.82, 2.24) is 9.97 Å². The second kappa shape index (κ2) is 5.26. The summed E-state index contributed by atoms with van der Waals surface area (Å²) in [6.07, 6.45) is 14.8. The molecule has 0 aliphatic heterocycles. The Hall–Kier alpha value is -1.12. The number of rotatable bonds is 3. The molecule has 0 atom stereocenters. The molecule has 1 heterocycles. The lowest BCUT2D eigenvalue weighted by Crippen LogP contribution is -2.28. The van der Waals surface area contributed by atoms with Crippen molar-refractivity contribution in [3.05, 3.63) is 17.6 Å². The van der Waals surface area contributed by atoms with Crippen LogP contribution in [0, 0.1) is 11.3 Å². The lowest BCUT2D eigenvalue weighted by Gasteiger charge is -2.33. The maximum absolute atomic E-state index is 6.28. The van der Waals surface area contributed by atoms with Gasteiger partial charge in [-0.2, -0.15) is 0 Å². The summed E-state index contributed by atoms with van der Waals surface area (Å²) < 4.78 is 6.28. The van der Waals surface area contributed by atoms with E-state index >= 15 is 0 Å². The molecular weight excluding hydrogens is 260 g/mol. The summed E-state index contributed by atoms with van der Waals surface area (Å²) in [5, 5.41) is 0. The highest BCUT2D eigenvalue weighted by atomic mass is 16.5. The molecule has 3 aliphatic rings. The second-order valence-corrected chi connectivity index (χ2v) is 7.56. The van der Waals surface area contributed by atoms with Gasteiger partial charge in [0.1, 0.15) is 12.4 Å². The molecule has 0 bridgehead atoms. The van der Waals surface area contributed by atoms with Crippen LogP contribution in [0.2, 0.25) is 0 Å². The van der Waals surface area contributed by atoms with E-state index in [1.165, 1.54) is 62.6 Å². The van der Waals surface area contributed by atoms with E-state index in [0.29, 0.717) is 11.5 Å². The van der Waals surface area contributed by atoms with Crippen molar-refractivity contribution in [2.24, 2.45) is 11.3 Å². The lowest BCUT2D eigenvalue weighted by molar-refractivity contribution is 0.103. The van der Waals surface area contributed by atoms with Gasteiger partial charge in [0.2, 0.25) is 5.88 Å². The van der Waals surface area contributed by atoms with Crippen LogP contribution in [-0.2, 0) is 12.8 Å². The van der Waals surface area contributed by atoms with Gasteiger partial charge in [-0.25, -0.2) is 9.97 Å². The van der Waals surface area contributed by atoms with Crippen molar-refractivity contribution in [3.8, 4) is 5.88 Å². The smallest absolute Gasteiger partial charge is 0.220 e. The summed E-state index contributed by atoms with van der Waals surface area (Å²) in [5.41, 5.74) is 3.20. The van der Waals surface area contributed by atoms with E-state index < -0.39 is 0 Å². The maximum atomic E-state index is 6.28. The van der Waals surface area contributed by atoms with Gasteiger partial charge in [0.25, 0.3) is 0 Å². The zero-order chi connectivity index (χ0) is 14.3. The van der Waals surface area contributed by atoms with Crippen LogP contribution in [0.4, 0.5) is 0 Å². The van der Waals surface area contributed by atoms with Crippen molar-refractivity contribution in [2.45, 2.75) is 77.2 Å². The Morgan fingerprint density at radius 2 is 1.81 bits per heavy atom. The first kappa shape index (κ1) is 13.5. The number of fused-ring (bicyclic) bond motifs is 1. The summed E-state index contributed by atoms with van der Waals surface area (Å²) in [6, 6.07) is 0. The first-order chi connectivity index (χ1) is 10.2. The molecule has 0 N–H and O–H groups in total. The van der Waals surface area contributed by atoms with Crippen molar-refractivity contribution >= 4 is 0 Å². The molecule has 0 unspecified atom stereocenters. The Labute approximate surface area is 127 Å². The van der Waals surface area contributed by atoms with Crippen LogP contribution in [0.1, 0.15) is 69.5 Å². The number of hydrogen-bond acceptors (Lipinski definition) is 3. The van der Waals surface area contributed by atoms with Crippen LogP contribution < -0.4 is 4.74 Å². The van der Waals surface area contributed by atoms with Gasteiger partial charge in [0.15, 0.2) is 0 Å². The zero-order valence-corrected chi connectivity index (χ0v) is 13.1. The van der Waals surface area contributed by atoms with Crippen LogP contribution in [0.3, 0.4) is 0 Å². The van der Waals surface area contributed by atoms with Gasteiger partial charge >= 0.3 is 0 Å². The highest BCUT2D eigenvalue weighted by Gasteiger charge is 2.45. The molecule has 3 heteroatoms. The minimum Gasteiger partial charge on any atom is -0.474 e. The Morgan fingerprint density at radius 1 is 1.05 bits per heavy atom. The number of aryl methyl sites for hydroxylation is 1. The topological polar surface area (TPSA) is 35.0 Å². The predicted octanol–water partition coefficient (Wildman–Crippen LogP) is 4.09. The number of ether oxygens (including phenoxy) is 1. The van der Waals surface area contributed by atoms with Crippen LogP contribution in [-0.4, -0.2) is 16.1 Å². The van der Waals surface area contributed by atoms with Crippen molar-refractivity contribution in [3.63, 3.8) is 0 Å². The summed E-state index contributed by atoms with van der Waals surface area (Å²) in [4.78, 5) is 8.87. The molecule has 3 nitrogen and oxygen atoms in total. The normalized spacial score (nSPS) is 30.5. The third-order valence-electron chi connectivity index (χ3n) is 6.06. The molecule has 3 aliphatic carbocycles. The van der Waals surface area contributed by atoms with Gasteiger partial charge in [0, 0.05) is 5.56 Å². The standard InChI is InChI=1S/C18H26N2O/c1-18(10-11-18)13-6-8-14(9-7-13)21-17-15-4-2-3-5-16(15)19-12-20-17/h12-14H,2-11H2,1H3. The molecule has 1 aromatic heterocycles. The number of aromatic nitrogens is 2. The van der Waals surface area contributed by atoms with Gasteiger partial charge in [-0.05, 0) is 75.5 Å². The zero-order valence-electron chi connectivity index (χ0n) is 13.1. The third-order valence-corrected chi connectivity index (χ3v) is 6.06. The summed E-state index contributed by atoms with van der Waals surface area (Å²) in [6.45, 7) is 2.47. The Bertz CT molecular complexity index is 516. The average molecular weight is 286 g/mol. The van der Waals surface area contributed by atoms with Crippen LogP contribution >= 0.6 is 0 Å². The molecule has 21 heavy (non-hydrogen) atoms. The molecule has 2 saturated carbocycles. The van der Waals surface area contributed by atoms with Gasteiger partial charge in [-0.15, -0.1) is 0 Å². The van der Waals surface area contributed by atoms with E-state index in [9.17, 15) is 0 Å². The van der Waals surface area contributed by atoms with E-state index in [4.69, 9.17) is 4.74 Å². The van der Waals surface area contributed by atoms with Crippen LogP contribution in [0.15, 0.2) is 6.33 Å². The predicted molar refractivity (Wildman–Crippen MR) is 82.4 cm³/mol. The number of nitrogens with zero attached hydrogens (tertiary/aromatic N) is 2. The molecule has 1 aromatic rings. The van der Waals surface area contributed by atoms with Gasteiger partial charge in [-0.1, -0.05) is 6.92 Å². The molecule has 0 aromatic carbocycles. The first-order valence-corrected chi connectivity index (χ1v) is 8.74. The van der Waals surface area contributed by atoms with E-state index in [-0.39, 0.29) is 0 Å². The quantitative estimate of drug-likeness (QED) is 0.839. The van der Waals surface area contributed by atoms with Crippen molar-refractivity contribution in [1.29, 1.82) is 0 Å². The Kier molecular flexibility index (Phi) is 3.39. The average Bonchev–Trinajstić information content (AvgIpc) is 3.27. The highest BCUT2D eigenvalue weighted by Crippen LogP contribution is 2.56. The van der Waals surface area contributed by atoms with E-state index in [0.717, 1.165) is 24.6 Å². The lowest BCUT2D eigenvalue weighted by atomic mass is 9.78. The largest absolute Gasteiger partial charge is 0.474 e. The van der Waals surface area contributed by atoms with Gasteiger partial charge in [-0.3, -0.25) is 0 Å². The molecule has 0 radical (unpaired) electrons. The maximum Gasteiger partial charge on any atom is 0.220 e. The van der Waals surface area contributed by atoms with Gasteiger partial charge in [0.05, 0.1) is 5.69 Å². The van der Waals surface area contributed by atoms with Crippen molar-refractivity contribution in [2.75, 3.05) is 0 Å². The van der Waals surface area contributed by atoms with E-state index in [1.54, 1.807) is 6.33 Å².